The topological polar surface area (TPSA) is 61.5 Å². The molecular weight excluding hydrogens is 225 g/mol. The standard InChI is InChI=1S/C12H16FNO3/c1-3-7-17-12(15)10-8(14)5-6-9(11(10)13)16-4-2/h5-6H,3-4,7,14H2,1-2H3. The molecule has 1 aromatic rings. The Morgan fingerprint density at radius 1 is 1.41 bits per heavy atom. The molecule has 0 amide bonds. The van der Waals surface area contributed by atoms with E-state index in [-0.39, 0.29) is 23.6 Å². The summed E-state index contributed by atoms with van der Waals surface area (Å²) in [6.07, 6.45) is 0.665. The second-order valence-corrected chi connectivity index (χ2v) is 3.41. The van der Waals surface area contributed by atoms with Gasteiger partial charge in [0.2, 0.25) is 0 Å². The van der Waals surface area contributed by atoms with E-state index in [2.05, 4.69) is 0 Å². The zero-order valence-electron chi connectivity index (χ0n) is 9.96. The fraction of sp³-hybridized carbons (Fsp3) is 0.417. The van der Waals surface area contributed by atoms with Gasteiger partial charge in [0.15, 0.2) is 11.6 Å². The number of hydrogen-bond acceptors (Lipinski definition) is 4. The lowest BCUT2D eigenvalue weighted by Gasteiger charge is -2.10. The van der Waals surface area contributed by atoms with E-state index in [9.17, 15) is 9.18 Å². The molecule has 0 aliphatic rings. The number of anilines is 1. The quantitative estimate of drug-likeness (QED) is 0.635. The van der Waals surface area contributed by atoms with Crippen molar-refractivity contribution in [2.45, 2.75) is 20.3 Å². The molecule has 17 heavy (non-hydrogen) atoms. The van der Waals surface area contributed by atoms with Crippen LogP contribution in [-0.4, -0.2) is 19.2 Å². The Labute approximate surface area is 99.5 Å². The maximum absolute atomic E-state index is 13.9. The smallest absolute Gasteiger partial charge is 0.343 e. The predicted octanol–water partition coefficient (Wildman–Crippen LogP) is 2.37. The molecule has 0 bridgehead atoms. The highest BCUT2D eigenvalue weighted by Gasteiger charge is 2.20. The van der Waals surface area contributed by atoms with Crippen molar-refractivity contribution >= 4 is 11.7 Å². The second kappa shape index (κ2) is 6.08. The summed E-state index contributed by atoms with van der Waals surface area (Å²) in [7, 11) is 0. The highest BCUT2D eigenvalue weighted by molar-refractivity contribution is 5.95. The molecule has 0 saturated heterocycles. The molecule has 1 rings (SSSR count). The van der Waals surface area contributed by atoms with Gasteiger partial charge in [-0.2, -0.15) is 0 Å². The minimum absolute atomic E-state index is 0.00477. The number of carbonyl (C=O) groups excluding carboxylic acids is 1. The summed E-state index contributed by atoms with van der Waals surface area (Å²) >= 11 is 0. The van der Waals surface area contributed by atoms with Gasteiger partial charge in [-0.1, -0.05) is 6.92 Å². The first-order valence-electron chi connectivity index (χ1n) is 5.49. The Hall–Kier alpha value is -1.78. The highest BCUT2D eigenvalue weighted by Crippen LogP contribution is 2.26. The number of rotatable bonds is 5. The van der Waals surface area contributed by atoms with Gasteiger partial charge in [0.1, 0.15) is 5.56 Å². The summed E-state index contributed by atoms with van der Waals surface area (Å²) < 4.78 is 23.8. The maximum Gasteiger partial charge on any atom is 0.343 e. The zero-order chi connectivity index (χ0) is 12.8. The van der Waals surface area contributed by atoms with Crippen LogP contribution in [0.5, 0.6) is 5.75 Å². The van der Waals surface area contributed by atoms with Crippen molar-refractivity contribution in [2.75, 3.05) is 18.9 Å². The third-order valence-corrected chi connectivity index (χ3v) is 2.08. The van der Waals surface area contributed by atoms with Crippen LogP contribution < -0.4 is 10.5 Å². The molecule has 0 radical (unpaired) electrons. The van der Waals surface area contributed by atoms with E-state index in [1.807, 2.05) is 6.92 Å². The van der Waals surface area contributed by atoms with Crippen LogP contribution in [0.2, 0.25) is 0 Å². The molecule has 0 spiro atoms. The summed E-state index contributed by atoms with van der Waals surface area (Å²) in [4.78, 5) is 11.6. The van der Waals surface area contributed by atoms with Crippen molar-refractivity contribution < 1.29 is 18.7 Å². The van der Waals surface area contributed by atoms with Crippen molar-refractivity contribution in [1.29, 1.82) is 0 Å². The number of carbonyl (C=O) groups is 1. The van der Waals surface area contributed by atoms with Crippen LogP contribution in [0.4, 0.5) is 10.1 Å². The monoisotopic (exact) mass is 241 g/mol. The van der Waals surface area contributed by atoms with E-state index in [0.717, 1.165) is 0 Å². The molecule has 94 valence electrons. The largest absolute Gasteiger partial charge is 0.491 e. The van der Waals surface area contributed by atoms with E-state index in [1.165, 1.54) is 12.1 Å². The van der Waals surface area contributed by atoms with E-state index < -0.39 is 11.8 Å². The van der Waals surface area contributed by atoms with Crippen LogP contribution >= 0.6 is 0 Å². The molecule has 0 aromatic heterocycles. The first-order chi connectivity index (χ1) is 8.11. The number of benzene rings is 1. The summed E-state index contributed by atoms with van der Waals surface area (Å²) in [6.45, 7) is 4.12. The number of nitrogens with two attached hydrogens (primary N) is 1. The zero-order valence-corrected chi connectivity index (χ0v) is 9.96. The van der Waals surface area contributed by atoms with Gasteiger partial charge >= 0.3 is 5.97 Å². The molecule has 4 nitrogen and oxygen atoms in total. The number of hydrogen-bond donors (Lipinski definition) is 1. The van der Waals surface area contributed by atoms with Gasteiger partial charge in [-0.25, -0.2) is 9.18 Å². The SMILES string of the molecule is CCCOC(=O)c1c(N)ccc(OCC)c1F. The number of halogens is 1. The molecule has 1 aromatic carbocycles. The van der Waals surface area contributed by atoms with Crippen LogP contribution in [0.3, 0.4) is 0 Å². The van der Waals surface area contributed by atoms with E-state index in [1.54, 1.807) is 6.92 Å². The lowest BCUT2D eigenvalue weighted by Crippen LogP contribution is -2.12. The number of esters is 1. The van der Waals surface area contributed by atoms with E-state index in [0.29, 0.717) is 13.0 Å². The molecule has 0 heterocycles. The Balaban J connectivity index is 3.04. The van der Waals surface area contributed by atoms with Crippen molar-refractivity contribution in [3.05, 3.63) is 23.5 Å². The average molecular weight is 241 g/mol. The minimum atomic E-state index is -0.770. The first kappa shape index (κ1) is 13.3. The van der Waals surface area contributed by atoms with Crippen molar-refractivity contribution in [3.63, 3.8) is 0 Å². The first-order valence-corrected chi connectivity index (χ1v) is 5.49. The van der Waals surface area contributed by atoms with Gasteiger partial charge in [-0.15, -0.1) is 0 Å². The van der Waals surface area contributed by atoms with Crippen LogP contribution in [-0.2, 0) is 4.74 Å². The lowest BCUT2D eigenvalue weighted by atomic mass is 10.1. The number of nitrogen functional groups attached to an aromatic ring is 1. The van der Waals surface area contributed by atoms with Crippen molar-refractivity contribution in [1.82, 2.24) is 0 Å². The normalized spacial score (nSPS) is 10.1. The molecule has 0 aliphatic carbocycles. The van der Waals surface area contributed by atoms with Gasteiger partial charge < -0.3 is 15.2 Å². The van der Waals surface area contributed by atoms with E-state index in [4.69, 9.17) is 15.2 Å². The molecule has 5 heteroatoms. The van der Waals surface area contributed by atoms with Crippen LogP contribution in [0, 0.1) is 5.82 Å². The Morgan fingerprint density at radius 2 is 2.12 bits per heavy atom. The van der Waals surface area contributed by atoms with E-state index >= 15 is 0 Å². The summed E-state index contributed by atoms with van der Waals surface area (Å²) in [5.74, 6) is -1.53. The predicted molar refractivity (Wildman–Crippen MR) is 62.6 cm³/mol. The van der Waals surface area contributed by atoms with Crippen LogP contribution in [0.25, 0.3) is 0 Å². The summed E-state index contributed by atoms with van der Waals surface area (Å²) in [5, 5.41) is 0. The molecule has 0 aliphatic heterocycles. The highest BCUT2D eigenvalue weighted by atomic mass is 19.1. The Bertz CT molecular complexity index is 407. The minimum Gasteiger partial charge on any atom is -0.491 e. The third-order valence-electron chi connectivity index (χ3n) is 2.08. The summed E-state index contributed by atoms with van der Waals surface area (Å²) in [6, 6.07) is 2.82. The Morgan fingerprint density at radius 3 is 2.71 bits per heavy atom. The van der Waals surface area contributed by atoms with Crippen molar-refractivity contribution in [2.24, 2.45) is 0 Å². The molecule has 0 fully saturated rings. The van der Waals surface area contributed by atoms with Gasteiger partial charge in [0, 0.05) is 5.69 Å². The van der Waals surface area contributed by atoms with Crippen LogP contribution in [0.1, 0.15) is 30.6 Å². The summed E-state index contributed by atoms with van der Waals surface area (Å²) in [5.41, 5.74) is 5.35. The number of ether oxygens (including phenoxy) is 2. The van der Waals surface area contributed by atoms with Crippen molar-refractivity contribution in [3.8, 4) is 5.75 Å². The molecule has 2 N–H and O–H groups in total. The molecule has 0 unspecified atom stereocenters. The Kier molecular flexibility index (Phi) is 4.75. The van der Waals surface area contributed by atoms with Gasteiger partial charge in [-0.05, 0) is 25.5 Å². The molecular formula is C12H16FNO3. The average Bonchev–Trinajstić information content (AvgIpc) is 2.30. The van der Waals surface area contributed by atoms with Gasteiger partial charge in [0.25, 0.3) is 0 Å². The maximum atomic E-state index is 13.9. The fourth-order valence-electron chi connectivity index (χ4n) is 1.31. The van der Waals surface area contributed by atoms with Gasteiger partial charge in [-0.3, -0.25) is 0 Å². The van der Waals surface area contributed by atoms with Crippen LogP contribution in [0.15, 0.2) is 12.1 Å². The lowest BCUT2D eigenvalue weighted by molar-refractivity contribution is 0.0500. The molecule has 0 saturated carbocycles. The molecule has 0 atom stereocenters. The fourth-order valence-corrected chi connectivity index (χ4v) is 1.31. The second-order valence-electron chi connectivity index (χ2n) is 3.41. The van der Waals surface area contributed by atoms with Gasteiger partial charge in [0.05, 0.1) is 13.2 Å². The third kappa shape index (κ3) is 3.09.